The van der Waals surface area contributed by atoms with Gasteiger partial charge in [-0.2, -0.15) is 0 Å². The number of β-lactam (4-membered cyclic amide) rings is 1. The third-order valence-electron chi connectivity index (χ3n) is 6.39. The van der Waals surface area contributed by atoms with E-state index in [9.17, 15) is 33.9 Å². The number of hydrogen-bond acceptors (Lipinski definition) is 11. The Morgan fingerprint density at radius 2 is 1.93 bits per heavy atom. The van der Waals surface area contributed by atoms with Crippen LogP contribution in [0.1, 0.15) is 11.6 Å². The van der Waals surface area contributed by atoms with Crippen molar-refractivity contribution in [1.29, 1.82) is 0 Å². The molecule has 0 aliphatic carbocycles. The van der Waals surface area contributed by atoms with E-state index >= 15 is 0 Å². The number of aryl methyl sites for hydroxylation is 1. The van der Waals surface area contributed by atoms with Crippen molar-refractivity contribution in [3.63, 3.8) is 0 Å². The number of H-pyrrole nitrogens is 1. The highest BCUT2D eigenvalue weighted by atomic mass is 32.2. The van der Waals surface area contributed by atoms with Crippen LogP contribution < -0.4 is 21.8 Å². The second kappa shape index (κ2) is 12.0. The van der Waals surface area contributed by atoms with Crippen LogP contribution in [0.4, 0.5) is 0 Å². The standard InChI is InChI=1S/C24H23N9O7S2/c1-31-24(27-29-30-31)42-11-13-10-41-22-18(21(38)33(22)19(13)23(39)40)26-20(37)17(12-5-3-2-4-6-12)25-15(35)9-32-16(36)8-7-14(34)28-32/h2-8,17-18,22H,9-11H2,1H3,(H,25,35)(H,26,37)(H,28,34)(H,39,40)/t17?,18?,22-/m0/s1. The van der Waals surface area contributed by atoms with Crippen LogP contribution in [0.15, 0.2) is 68.5 Å². The van der Waals surface area contributed by atoms with Crippen molar-refractivity contribution in [1.82, 2.24) is 45.5 Å². The third kappa shape index (κ3) is 5.84. The lowest BCUT2D eigenvalue weighted by atomic mass is 10.0. The summed E-state index contributed by atoms with van der Waals surface area (Å²) in [5.74, 6) is -2.79. The Morgan fingerprint density at radius 1 is 1.17 bits per heavy atom. The van der Waals surface area contributed by atoms with Gasteiger partial charge >= 0.3 is 5.97 Å². The molecule has 1 aromatic carbocycles. The fraction of sp³-hybridized carbons (Fsp3) is 0.292. The normalized spacial score (nSPS) is 18.6. The molecule has 3 amide bonds. The highest BCUT2D eigenvalue weighted by molar-refractivity contribution is 8.01. The zero-order chi connectivity index (χ0) is 30.0. The number of carbonyl (C=O) groups is 4. The molecule has 16 nitrogen and oxygen atoms in total. The lowest BCUT2D eigenvalue weighted by Gasteiger charge is -2.49. The van der Waals surface area contributed by atoms with E-state index in [4.69, 9.17) is 0 Å². The Hall–Kier alpha value is -4.71. The summed E-state index contributed by atoms with van der Waals surface area (Å²) in [7, 11) is 1.65. The van der Waals surface area contributed by atoms with Gasteiger partial charge in [0.25, 0.3) is 17.0 Å². The summed E-state index contributed by atoms with van der Waals surface area (Å²) < 4.78 is 2.25. The molecule has 218 valence electrons. The quantitative estimate of drug-likeness (QED) is 0.151. The minimum Gasteiger partial charge on any atom is -0.477 e. The molecule has 18 heteroatoms. The number of aromatic amines is 1. The molecule has 3 aromatic rings. The first kappa shape index (κ1) is 28.8. The Kier molecular flexibility index (Phi) is 8.25. The summed E-state index contributed by atoms with van der Waals surface area (Å²) in [6.45, 7) is -0.557. The molecule has 3 atom stereocenters. The summed E-state index contributed by atoms with van der Waals surface area (Å²) >= 11 is 2.54. The zero-order valence-electron chi connectivity index (χ0n) is 21.8. The minimum atomic E-state index is -1.27. The molecule has 4 N–H and O–H groups in total. The molecule has 42 heavy (non-hydrogen) atoms. The number of carboxylic acids is 1. The van der Waals surface area contributed by atoms with Crippen LogP contribution in [0.3, 0.4) is 0 Å². The molecule has 0 saturated carbocycles. The van der Waals surface area contributed by atoms with Gasteiger partial charge in [-0.25, -0.2) is 14.2 Å². The van der Waals surface area contributed by atoms with Gasteiger partial charge in [0.2, 0.25) is 17.0 Å². The van der Waals surface area contributed by atoms with Gasteiger partial charge < -0.3 is 15.7 Å². The molecular formula is C24H23N9O7S2. The predicted octanol–water partition coefficient (Wildman–Crippen LogP) is -1.55. The van der Waals surface area contributed by atoms with Crippen LogP contribution in [0.25, 0.3) is 0 Å². The van der Waals surface area contributed by atoms with E-state index in [0.29, 0.717) is 22.0 Å². The molecule has 4 heterocycles. The van der Waals surface area contributed by atoms with E-state index in [0.717, 1.165) is 21.7 Å². The van der Waals surface area contributed by atoms with Crippen LogP contribution in [0, 0.1) is 0 Å². The summed E-state index contributed by atoms with van der Waals surface area (Å²) in [6.07, 6.45) is 0. The largest absolute Gasteiger partial charge is 0.477 e. The van der Waals surface area contributed by atoms with E-state index in [1.54, 1.807) is 37.4 Å². The van der Waals surface area contributed by atoms with Gasteiger partial charge in [-0.15, -0.1) is 16.9 Å². The zero-order valence-corrected chi connectivity index (χ0v) is 23.4. The fourth-order valence-corrected chi connectivity index (χ4v) is 6.74. The molecule has 5 rings (SSSR count). The molecule has 2 unspecified atom stereocenters. The van der Waals surface area contributed by atoms with Gasteiger partial charge in [0.15, 0.2) is 0 Å². The minimum absolute atomic E-state index is 0.146. The molecular weight excluding hydrogens is 590 g/mol. The number of carboxylic acid groups (broad SMARTS) is 1. The Morgan fingerprint density at radius 3 is 2.62 bits per heavy atom. The number of hydrogen-bond donors (Lipinski definition) is 4. The average molecular weight is 614 g/mol. The highest BCUT2D eigenvalue weighted by Crippen LogP contribution is 2.41. The first-order valence-corrected chi connectivity index (χ1v) is 14.4. The van der Waals surface area contributed by atoms with E-state index in [-0.39, 0.29) is 11.4 Å². The molecule has 0 radical (unpaired) electrons. The molecule has 2 aliphatic heterocycles. The van der Waals surface area contributed by atoms with Crippen molar-refractivity contribution in [3.05, 3.63) is 80.0 Å². The number of rotatable bonds is 10. The van der Waals surface area contributed by atoms with Gasteiger partial charge in [0, 0.05) is 30.7 Å². The fourth-order valence-electron chi connectivity index (χ4n) is 4.40. The van der Waals surface area contributed by atoms with Crippen molar-refractivity contribution in [2.75, 3.05) is 11.5 Å². The summed E-state index contributed by atoms with van der Waals surface area (Å²) in [5.41, 5.74) is -0.431. The molecule has 1 fully saturated rings. The smallest absolute Gasteiger partial charge is 0.352 e. The number of fused-ring (bicyclic) bond motifs is 1. The molecule has 2 aliphatic rings. The second-order valence-corrected chi connectivity index (χ2v) is 11.2. The van der Waals surface area contributed by atoms with E-state index < -0.39 is 58.8 Å². The number of nitrogens with zero attached hydrogens (tertiary/aromatic N) is 6. The second-order valence-electron chi connectivity index (χ2n) is 9.17. The van der Waals surface area contributed by atoms with Crippen LogP contribution in [-0.4, -0.2) is 86.6 Å². The van der Waals surface area contributed by atoms with Gasteiger partial charge in [0.1, 0.15) is 29.7 Å². The van der Waals surface area contributed by atoms with Crippen molar-refractivity contribution in [3.8, 4) is 0 Å². The maximum atomic E-state index is 13.4. The Balaban J connectivity index is 1.30. The topological polar surface area (TPSA) is 214 Å². The molecule has 0 spiro atoms. The monoisotopic (exact) mass is 613 g/mol. The number of carbonyl (C=O) groups excluding carboxylic acids is 3. The van der Waals surface area contributed by atoms with Gasteiger partial charge in [0.05, 0.1) is 0 Å². The Bertz CT molecular complexity index is 1700. The average Bonchev–Trinajstić information content (AvgIpc) is 3.39. The number of nitrogens with one attached hydrogen (secondary N) is 3. The third-order valence-corrected chi connectivity index (χ3v) is 8.83. The summed E-state index contributed by atoms with van der Waals surface area (Å²) in [5, 5.41) is 28.3. The number of aliphatic carboxylic acids is 1. The van der Waals surface area contributed by atoms with Crippen molar-refractivity contribution in [2.45, 2.75) is 29.2 Å². The molecule has 0 bridgehead atoms. The Labute approximate surface area is 244 Å². The van der Waals surface area contributed by atoms with Crippen molar-refractivity contribution >= 4 is 47.2 Å². The van der Waals surface area contributed by atoms with Crippen molar-refractivity contribution in [2.24, 2.45) is 7.05 Å². The maximum Gasteiger partial charge on any atom is 0.352 e. The summed E-state index contributed by atoms with van der Waals surface area (Å²) in [6, 6.07) is 8.01. The molecule has 1 saturated heterocycles. The van der Waals surface area contributed by atoms with Gasteiger partial charge in [-0.1, -0.05) is 42.1 Å². The van der Waals surface area contributed by atoms with E-state index in [2.05, 4.69) is 31.3 Å². The van der Waals surface area contributed by atoms with Crippen molar-refractivity contribution < 1.29 is 24.3 Å². The van der Waals surface area contributed by atoms with Crippen LogP contribution in [-0.2, 0) is 32.8 Å². The lowest BCUT2D eigenvalue weighted by Crippen LogP contribution is -2.71. The number of benzene rings is 1. The van der Waals surface area contributed by atoms with Gasteiger partial charge in [-0.3, -0.25) is 34.0 Å². The number of tetrazole rings is 1. The van der Waals surface area contributed by atoms with Crippen LogP contribution >= 0.6 is 23.5 Å². The number of aromatic nitrogens is 6. The first-order valence-electron chi connectivity index (χ1n) is 12.3. The SMILES string of the molecule is Cn1nnnc1SCC1=C(C(=O)O)N2C(=O)C(NC(=O)C(NC(=O)Cn3[nH]c(=O)ccc3=O)c3ccccc3)[C@@H]2SC1. The predicted molar refractivity (Wildman–Crippen MR) is 148 cm³/mol. The number of amides is 3. The van der Waals surface area contributed by atoms with Gasteiger partial charge in [-0.05, 0) is 21.6 Å². The van der Waals surface area contributed by atoms with Crippen LogP contribution in [0.2, 0.25) is 0 Å². The maximum absolute atomic E-state index is 13.4. The highest BCUT2D eigenvalue weighted by Gasteiger charge is 2.54. The molecule has 2 aromatic heterocycles. The number of thioether (sulfide) groups is 2. The van der Waals surface area contributed by atoms with Crippen LogP contribution in [0.5, 0.6) is 0 Å². The lowest BCUT2D eigenvalue weighted by molar-refractivity contribution is -0.151. The van der Waals surface area contributed by atoms with E-state index in [1.165, 1.54) is 28.2 Å². The van der Waals surface area contributed by atoms with E-state index in [1.807, 2.05) is 0 Å². The first-order chi connectivity index (χ1) is 20.1. The summed E-state index contributed by atoms with van der Waals surface area (Å²) in [4.78, 5) is 76.3.